The Hall–Kier alpha value is -1.48. The average Bonchev–Trinajstić information content (AvgIpc) is 3.06. The molecule has 3 heteroatoms. The molecule has 0 aromatic heterocycles. The van der Waals surface area contributed by atoms with Gasteiger partial charge in [0.1, 0.15) is 11.5 Å². The fraction of sp³-hybridized carbons (Fsp3) is 0.615. The predicted octanol–water partition coefficient (Wildman–Crippen LogP) is 7.10. The van der Waals surface area contributed by atoms with Gasteiger partial charge in [-0.05, 0) is 34.5 Å². The van der Waals surface area contributed by atoms with Crippen molar-refractivity contribution in [2.75, 3.05) is 14.2 Å². The molecule has 0 heterocycles. The average molecular weight is 414 g/mol. The second-order valence-electron chi connectivity index (χ2n) is 11.2. The van der Waals surface area contributed by atoms with Crippen molar-refractivity contribution in [2.45, 2.75) is 79.3 Å². The summed E-state index contributed by atoms with van der Waals surface area (Å²) in [5.41, 5.74) is 3.87. The summed E-state index contributed by atoms with van der Waals surface area (Å²) < 4.78 is 11.8. The smallest absolute Gasteiger partial charge is 0.126 e. The highest BCUT2D eigenvalue weighted by Gasteiger charge is 2.40. The zero-order chi connectivity index (χ0) is 22.4. The third-order valence-electron chi connectivity index (χ3n) is 6.19. The quantitative estimate of drug-likeness (QED) is 0.479. The molecule has 1 aliphatic carbocycles. The maximum absolute atomic E-state index is 6.04. The molecule has 0 saturated carbocycles. The molecule has 2 nitrogen and oxygen atoms in total. The van der Waals surface area contributed by atoms with Crippen LogP contribution in [-0.4, -0.2) is 23.0 Å². The van der Waals surface area contributed by atoms with Gasteiger partial charge in [-0.15, -0.1) is 0 Å². The molecular formula is C26H41O2Si. The van der Waals surface area contributed by atoms with Crippen LogP contribution in [0.3, 0.4) is 0 Å². The molecule has 29 heavy (non-hydrogen) atoms. The number of hydrogen-bond donors (Lipinski definition) is 0. The molecule has 0 spiro atoms. The summed E-state index contributed by atoms with van der Waals surface area (Å²) in [5, 5.41) is 1.65. The summed E-state index contributed by atoms with van der Waals surface area (Å²) in [6.07, 6.45) is 4.82. The molecule has 1 aromatic rings. The van der Waals surface area contributed by atoms with Crippen LogP contribution in [0.2, 0.25) is 13.1 Å². The van der Waals surface area contributed by atoms with Gasteiger partial charge in [0.25, 0.3) is 0 Å². The first-order valence-corrected chi connectivity index (χ1v) is 13.2. The van der Waals surface area contributed by atoms with Gasteiger partial charge in [-0.25, -0.2) is 0 Å². The van der Waals surface area contributed by atoms with Gasteiger partial charge in [-0.1, -0.05) is 85.8 Å². The lowest BCUT2D eigenvalue weighted by Gasteiger charge is -2.36. The van der Waals surface area contributed by atoms with E-state index in [0.717, 1.165) is 11.5 Å². The summed E-state index contributed by atoms with van der Waals surface area (Å²) in [7, 11) is 2.94. The molecule has 0 fully saturated rings. The van der Waals surface area contributed by atoms with Gasteiger partial charge >= 0.3 is 0 Å². The number of ether oxygens (including phenoxy) is 2. The molecule has 2 rings (SSSR count). The van der Waals surface area contributed by atoms with Crippen LogP contribution in [0, 0.1) is 11.3 Å². The second kappa shape index (κ2) is 7.98. The summed E-state index contributed by atoms with van der Waals surface area (Å²) in [4.78, 5) is 0. The van der Waals surface area contributed by atoms with E-state index >= 15 is 0 Å². The standard InChI is InChI=1S/C26H41O2Si/c1-24(2,3)18-13-14-19(23(18)29(11)12)26(7,8)21-16-17(27-9)15-20(22(21)28-10)25(4,5)6/h13-16,18H,1-12H3. The van der Waals surface area contributed by atoms with E-state index in [-0.39, 0.29) is 16.2 Å². The van der Waals surface area contributed by atoms with E-state index in [0.29, 0.717) is 5.92 Å². The maximum Gasteiger partial charge on any atom is 0.126 e. The van der Waals surface area contributed by atoms with Crippen molar-refractivity contribution in [3.05, 3.63) is 46.2 Å². The van der Waals surface area contributed by atoms with Gasteiger partial charge in [-0.2, -0.15) is 0 Å². The SMILES string of the molecule is COc1cc(C(C)(C)C)c(OC)c(C(C)(C)C2=C([Si](C)C)C(C(C)(C)C)C=C2)c1. The fourth-order valence-corrected chi connectivity index (χ4v) is 6.59. The number of benzene rings is 1. The van der Waals surface area contributed by atoms with Crippen LogP contribution in [0.15, 0.2) is 35.1 Å². The van der Waals surface area contributed by atoms with Crippen molar-refractivity contribution in [2.24, 2.45) is 11.3 Å². The Kier molecular flexibility index (Phi) is 6.55. The lowest BCUT2D eigenvalue weighted by Crippen LogP contribution is -2.30. The molecule has 1 unspecified atom stereocenters. The van der Waals surface area contributed by atoms with Crippen LogP contribution in [0.1, 0.15) is 66.5 Å². The monoisotopic (exact) mass is 413 g/mol. The van der Waals surface area contributed by atoms with Crippen molar-refractivity contribution >= 4 is 8.80 Å². The van der Waals surface area contributed by atoms with Crippen LogP contribution in [-0.2, 0) is 10.8 Å². The zero-order valence-electron chi connectivity index (χ0n) is 20.7. The maximum atomic E-state index is 6.04. The molecule has 0 bridgehead atoms. The van der Waals surface area contributed by atoms with Crippen LogP contribution in [0.4, 0.5) is 0 Å². The highest BCUT2D eigenvalue weighted by Crippen LogP contribution is 2.50. The molecule has 0 amide bonds. The van der Waals surface area contributed by atoms with Gasteiger partial charge in [0.15, 0.2) is 0 Å². The Balaban J connectivity index is 2.82. The minimum atomic E-state index is -0.608. The van der Waals surface area contributed by atoms with Crippen LogP contribution >= 0.6 is 0 Å². The molecule has 0 aliphatic heterocycles. The third-order valence-corrected chi connectivity index (χ3v) is 7.84. The highest BCUT2D eigenvalue weighted by atomic mass is 28.3. The Morgan fingerprint density at radius 1 is 0.828 bits per heavy atom. The van der Waals surface area contributed by atoms with Gasteiger partial charge in [0, 0.05) is 16.5 Å². The minimum Gasteiger partial charge on any atom is -0.497 e. The Bertz CT molecular complexity index is 814. The first-order valence-electron chi connectivity index (χ1n) is 10.7. The Morgan fingerprint density at radius 3 is 1.79 bits per heavy atom. The topological polar surface area (TPSA) is 18.5 Å². The normalized spacial score (nSPS) is 18.0. The van der Waals surface area contributed by atoms with E-state index in [1.165, 1.54) is 16.7 Å². The Labute approximate surface area is 181 Å². The summed E-state index contributed by atoms with van der Waals surface area (Å²) in [6.45, 7) is 23.3. The van der Waals surface area contributed by atoms with E-state index in [1.54, 1.807) is 19.4 Å². The summed E-state index contributed by atoms with van der Waals surface area (Å²) >= 11 is 0. The molecular weight excluding hydrogens is 372 g/mol. The minimum absolute atomic E-state index is 0.0359. The molecule has 0 saturated heterocycles. The van der Waals surface area contributed by atoms with E-state index in [4.69, 9.17) is 9.47 Å². The summed E-state index contributed by atoms with van der Waals surface area (Å²) in [6, 6.07) is 4.31. The van der Waals surface area contributed by atoms with Gasteiger partial charge in [0.2, 0.25) is 0 Å². The fourth-order valence-electron chi connectivity index (χ4n) is 4.50. The number of rotatable bonds is 5. The van der Waals surface area contributed by atoms with E-state index < -0.39 is 8.80 Å². The van der Waals surface area contributed by atoms with Crippen molar-refractivity contribution in [3.63, 3.8) is 0 Å². The van der Waals surface area contributed by atoms with E-state index in [9.17, 15) is 0 Å². The van der Waals surface area contributed by atoms with E-state index in [2.05, 4.69) is 92.8 Å². The van der Waals surface area contributed by atoms with Crippen molar-refractivity contribution in [1.82, 2.24) is 0 Å². The number of methoxy groups -OCH3 is 2. The first-order chi connectivity index (χ1) is 13.2. The molecule has 0 N–H and O–H groups in total. The van der Waals surface area contributed by atoms with E-state index in [1.807, 2.05) is 0 Å². The van der Waals surface area contributed by atoms with Crippen molar-refractivity contribution in [3.8, 4) is 11.5 Å². The lowest BCUT2D eigenvalue weighted by molar-refractivity contribution is 0.339. The predicted molar refractivity (Wildman–Crippen MR) is 128 cm³/mol. The molecule has 1 radical (unpaired) electrons. The Morgan fingerprint density at radius 2 is 1.38 bits per heavy atom. The largest absolute Gasteiger partial charge is 0.497 e. The molecule has 1 aromatic carbocycles. The molecule has 1 aliphatic rings. The van der Waals surface area contributed by atoms with Crippen molar-refractivity contribution in [1.29, 1.82) is 0 Å². The number of hydrogen-bond acceptors (Lipinski definition) is 2. The van der Waals surface area contributed by atoms with Crippen LogP contribution < -0.4 is 9.47 Å². The zero-order valence-corrected chi connectivity index (χ0v) is 21.7. The summed E-state index contributed by atoms with van der Waals surface area (Å²) in [5.74, 6) is 2.39. The van der Waals surface area contributed by atoms with Gasteiger partial charge in [-0.3, -0.25) is 0 Å². The molecule has 161 valence electrons. The number of allylic oxidation sites excluding steroid dienone is 4. The van der Waals surface area contributed by atoms with Gasteiger partial charge in [0.05, 0.1) is 23.0 Å². The second-order valence-corrected chi connectivity index (χ2v) is 13.7. The van der Waals surface area contributed by atoms with Crippen LogP contribution in [0.25, 0.3) is 0 Å². The van der Waals surface area contributed by atoms with Crippen molar-refractivity contribution < 1.29 is 9.47 Å². The van der Waals surface area contributed by atoms with Gasteiger partial charge < -0.3 is 9.47 Å². The highest BCUT2D eigenvalue weighted by molar-refractivity contribution is 6.64. The third kappa shape index (κ3) is 4.50. The first kappa shape index (κ1) is 23.8. The molecule has 1 atom stereocenters. The van der Waals surface area contributed by atoms with Crippen LogP contribution in [0.5, 0.6) is 11.5 Å². The lowest BCUT2D eigenvalue weighted by atomic mass is 9.73.